The van der Waals surface area contributed by atoms with Crippen molar-refractivity contribution in [1.29, 1.82) is 0 Å². The Morgan fingerprint density at radius 1 is 0.952 bits per heavy atom. The molecule has 0 aliphatic rings. The Bertz CT molecular complexity index is 278. The highest BCUT2D eigenvalue weighted by Crippen LogP contribution is 2.29. The predicted octanol–water partition coefficient (Wildman–Crippen LogP) is 4.90. The topological polar surface area (TPSA) is 26.3 Å². The van der Waals surface area contributed by atoms with E-state index >= 15 is 0 Å². The van der Waals surface area contributed by atoms with Crippen molar-refractivity contribution in [2.45, 2.75) is 71.7 Å². The van der Waals surface area contributed by atoms with Crippen LogP contribution < -0.4 is 0 Å². The van der Waals surface area contributed by atoms with Gasteiger partial charge in [-0.1, -0.05) is 110 Å². The van der Waals surface area contributed by atoms with Gasteiger partial charge in [-0.2, -0.15) is 0 Å². The minimum absolute atomic E-state index is 0.303. The average molecular weight is 536 g/mol. The maximum Gasteiger partial charge on any atom is 0.330 e. The average Bonchev–Trinajstić information content (AvgIpc) is 2.42. The Balaban J connectivity index is 3.09. The van der Waals surface area contributed by atoms with Gasteiger partial charge in [0.1, 0.15) is 0 Å². The third-order valence-electron chi connectivity index (χ3n) is 3.42. The molecule has 21 heavy (non-hydrogen) atoms. The molecule has 0 rings (SSSR count). The van der Waals surface area contributed by atoms with Gasteiger partial charge in [-0.3, -0.25) is 0 Å². The molecule has 0 bridgehead atoms. The molecule has 0 heterocycles. The van der Waals surface area contributed by atoms with Crippen LogP contribution >= 0.6 is 45.2 Å². The number of ether oxygens (including phenoxy) is 1. The zero-order valence-electron chi connectivity index (χ0n) is 13.3. The van der Waals surface area contributed by atoms with Crippen molar-refractivity contribution in [1.82, 2.24) is 0 Å². The third kappa shape index (κ3) is 18.8. The molecule has 0 saturated carbocycles. The summed E-state index contributed by atoms with van der Waals surface area (Å²) in [6.45, 7) is 3.92. The van der Waals surface area contributed by atoms with Gasteiger partial charge in [0.15, 0.2) is 0 Å². The van der Waals surface area contributed by atoms with Crippen molar-refractivity contribution in [3.8, 4) is 0 Å². The number of esters is 1. The van der Waals surface area contributed by atoms with E-state index in [-0.39, 0.29) is 5.97 Å². The predicted molar refractivity (Wildman–Crippen MR) is 113 cm³/mol. The summed E-state index contributed by atoms with van der Waals surface area (Å²) >= 11 is 5.18. The van der Waals surface area contributed by atoms with E-state index in [9.17, 15) is 4.79 Å². The van der Waals surface area contributed by atoms with Gasteiger partial charge in [0.2, 0.25) is 0 Å². The number of halogens is 2. The molecule has 0 N–H and O–H groups in total. The molecule has 0 aliphatic carbocycles. The van der Waals surface area contributed by atoms with Crippen LogP contribution in [-0.2, 0) is 9.53 Å². The van der Waals surface area contributed by atoms with E-state index in [1.165, 1.54) is 74.1 Å². The second-order valence-corrected chi connectivity index (χ2v) is 18.3. The first kappa shape index (κ1) is 21.9. The van der Waals surface area contributed by atoms with Crippen LogP contribution in [0.1, 0.15) is 70.6 Å². The second-order valence-electron chi connectivity index (χ2n) is 5.73. The maximum absolute atomic E-state index is 10.8. The fourth-order valence-corrected chi connectivity index (χ4v) is 3.30. The number of carbonyl (C=O) groups excluding carboxylic acids is 1. The van der Waals surface area contributed by atoms with Gasteiger partial charge >= 0.3 is 5.97 Å². The third-order valence-corrected chi connectivity index (χ3v) is 5.00. The van der Waals surface area contributed by atoms with E-state index < -0.39 is 0 Å². The zero-order valence-corrected chi connectivity index (χ0v) is 19.7. The van der Waals surface area contributed by atoms with Crippen LogP contribution in [0.15, 0.2) is 12.7 Å². The summed E-state index contributed by atoms with van der Waals surface area (Å²) in [6.07, 6.45) is 15.7. The lowest BCUT2D eigenvalue weighted by molar-refractivity contribution is -0.137. The normalized spacial score (nSPS) is 11.5. The highest BCUT2D eigenvalue weighted by atomic mass is 127. The van der Waals surface area contributed by atoms with Crippen LogP contribution in [0.2, 0.25) is 0 Å². The number of hydrogen-bond acceptors (Lipinski definition) is 2. The summed E-state index contributed by atoms with van der Waals surface area (Å²) in [5.41, 5.74) is 0. The van der Waals surface area contributed by atoms with Gasteiger partial charge in [0.05, 0.1) is 7.66 Å². The first-order chi connectivity index (χ1) is 9.95. The summed E-state index contributed by atoms with van der Waals surface area (Å²) in [4.78, 5) is 10.8. The standard InChI is InChI=1S/C16H30I2O2Si/c1-2-15(19)20-14-12-10-8-6-4-3-5-7-9-11-13-16(17,18)21/h2H,1,3-14H2,21H3. The lowest BCUT2D eigenvalue weighted by Crippen LogP contribution is -2.08. The van der Waals surface area contributed by atoms with Crippen LogP contribution in [0.3, 0.4) is 0 Å². The van der Waals surface area contributed by atoms with Crippen LogP contribution in [0.5, 0.6) is 0 Å². The maximum atomic E-state index is 10.8. The summed E-state index contributed by atoms with van der Waals surface area (Å²) < 4.78 is 5.52. The molecule has 0 atom stereocenters. The fourth-order valence-electron chi connectivity index (χ4n) is 2.18. The van der Waals surface area contributed by atoms with Gasteiger partial charge in [-0.05, 0) is 12.8 Å². The van der Waals surface area contributed by atoms with Gasteiger partial charge in [0.25, 0.3) is 0 Å². The SMILES string of the molecule is C=CC(=O)OCCCCCCCCCCCCC([SiH3])(I)I. The Kier molecular flexibility index (Phi) is 15.1. The number of hydrogen-bond donors (Lipinski definition) is 0. The van der Waals surface area contributed by atoms with E-state index in [2.05, 4.69) is 51.8 Å². The number of carbonyl (C=O) groups is 1. The molecule has 0 spiro atoms. The number of rotatable bonds is 14. The Hall–Kier alpha value is 0.887. The molecule has 0 radical (unpaired) electrons. The van der Waals surface area contributed by atoms with Crippen LogP contribution in [0.25, 0.3) is 0 Å². The molecule has 0 aromatic heterocycles. The molecule has 5 heteroatoms. The van der Waals surface area contributed by atoms with Crippen LogP contribution in [0, 0.1) is 0 Å². The Labute approximate surface area is 160 Å². The minimum atomic E-state index is -0.303. The minimum Gasteiger partial charge on any atom is -0.463 e. The van der Waals surface area contributed by atoms with Crippen molar-refractivity contribution in [2.75, 3.05) is 6.61 Å². The molecule has 0 saturated heterocycles. The Morgan fingerprint density at radius 3 is 1.81 bits per heavy atom. The van der Waals surface area contributed by atoms with E-state index in [4.69, 9.17) is 4.74 Å². The molecule has 0 fully saturated rings. The van der Waals surface area contributed by atoms with Crippen molar-refractivity contribution >= 4 is 61.4 Å². The van der Waals surface area contributed by atoms with Crippen LogP contribution in [-0.4, -0.2) is 23.9 Å². The summed E-state index contributed by atoms with van der Waals surface area (Å²) in [5, 5.41) is 0. The molecule has 0 amide bonds. The van der Waals surface area contributed by atoms with Crippen molar-refractivity contribution in [3.05, 3.63) is 12.7 Å². The van der Waals surface area contributed by atoms with E-state index in [1.54, 1.807) is 0 Å². The van der Waals surface area contributed by atoms with Gasteiger partial charge < -0.3 is 4.74 Å². The molecule has 0 aromatic carbocycles. The molecule has 2 nitrogen and oxygen atoms in total. The van der Waals surface area contributed by atoms with Gasteiger partial charge in [0, 0.05) is 16.3 Å². The van der Waals surface area contributed by atoms with Crippen molar-refractivity contribution in [2.24, 2.45) is 0 Å². The van der Waals surface area contributed by atoms with Crippen molar-refractivity contribution < 1.29 is 9.53 Å². The summed E-state index contributed by atoms with van der Waals surface area (Å²) in [6, 6.07) is 0. The smallest absolute Gasteiger partial charge is 0.330 e. The summed E-state index contributed by atoms with van der Waals surface area (Å²) in [5.74, 6) is -0.303. The van der Waals surface area contributed by atoms with Crippen molar-refractivity contribution in [3.63, 3.8) is 0 Å². The molecule has 0 unspecified atom stereocenters. The number of alkyl halides is 2. The van der Waals surface area contributed by atoms with E-state index in [1.807, 2.05) is 0 Å². The first-order valence-corrected chi connectivity index (χ1v) is 11.3. The molecular weight excluding hydrogens is 506 g/mol. The van der Waals surface area contributed by atoms with Crippen LogP contribution in [0.4, 0.5) is 0 Å². The lowest BCUT2D eigenvalue weighted by Gasteiger charge is -2.13. The fraction of sp³-hybridized carbons (Fsp3) is 0.812. The second kappa shape index (κ2) is 14.5. The monoisotopic (exact) mass is 536 g/mol. The number of unbranched alkanes of at least 4 members (excludes halogenated alkanes) is 9. The molecule has 0 aromatic rings. The quantitative estimate of drug-likeness (QED) is 0.0790. The van der Waals surface area contributed by atoms with E-state index in [0.29, 0.717) is 7.66 Å². The Morgan fingerprint density at radius 2 is 1.38 bits per heavy atom. The lowest BCUT2D eigenvalue weighted by atomic mass is 10.1. The van der Waals surface area contributed by atoms with Gasteiger partial charge in [-0.15, -0.1) is 0 Å². The molecular formula is C16H30I2O2Si. The van der Waals surface area contributed by atoms with Gasteiger partial charge in [-0.25, -0.2) is 4.79 Å². The first-order valence-electron chi connectivity index (χ1n) is 8.13. The van der Waals surface area contributed by atoms with E-state index in [0.717, 1.165) is 12.8 Å². The molecule has 0 aliphatic heterocycles. The highest BCUT2D eigenvalue weighted by molar-refractivity contribution is 14.2. The molecule has 124 valence electrons. The highest BCUT2D eigenvalue weighted by Gasteiger charge is 2.12. The summed E-state index contributed by atoms with van der Waals surface area (Å²) in [7, 11) is 1.29. The zero-order chi connectivity index (χ0) is 16.0. The largest absolute Gasteiger partial charge is 0.463 e.